The monoisotopic (exact) mass is 326 g/mol. The summed E-state index contributed by atoms with van der Waals surface area (Å²) in [4.78, 5) is 0. The fourth-order valence-electron chi connectivity index (χ4n) is 1.67. The second-order valence-corrected chi connectivity index (χ2v) is 5.08. The van der Waals surface area contributed by atoms with Crippen molar-refractivity contribution in [1.29, 1.82) is 10.8 Å². The number of nitrogens with zero attached hydrogens (tertiary/aromatic N) is 2. The lowest BCUT2D eigenvalue weighted by Gasteiger charge is -2.26. The highest BCUT2D eigenvalue weighted by Gasteiger charge is 2.31. The number of amidine groups is 2. The van der Waals surface area contributed by atoms with E-state index in [1.165, 1.54) is 0 Å². The summed E-state index contributed by atoms with van der Waals surface area (Å²) in [5.74, 6) is -0.00833. The van der Waals surface area contributed by atoms with Crippen molar-refractivity contribution in [2.75, 3.05) is 0 Å². The predicted molar refractivity (Wildman–Crippen MR) is 89.8 cm³/mol. The van der Waals surface area contributed by atoms with Gasteiger partial charge < -0.3 is 11.5 Å². The van der Waals surface area contributed by atoms with Crippen LogP contribution in [0.2, 0.25) is 0 Å². The van der Waals surface area contributed by atoms with Gasteiger partial charge in [-0.1, -0.05) is 26.7 Å². The van der Waals surface area contributed by atoms with E-state index in [9.17, 15) is 0 Å². The molecule has 0 bridgehead atoms. The highest BCUT2D eigenvalue weighted by Crippen LogP contribution is 2.23. The average molecular weight is 327 g/mol. The lowest BCUT2D eigenvalue weighted by atomic mass is 9.95. The number of hydrogen-bond acceptors (Lipinski definition) is 4. The zero-order valence-corrected chi connectivity index (χ0v) is 14.3. The molecular formula is C12H28Cl2N6. The van der Waals surface area contributed by atoms with E-state index in [-0.39, 0.29) is 36.5 Å². The zero-order chi connectivity index (χ0) is 14.4. The lowest BCUT2D eigenvalue weighted by molar-refractivity contribution is 0.460. The highest BCUT2D eigenvalue weighted by molar-refractivity contribution is 5.88. The Kier molecular flexibility index (Phi) is 12.0. The molecule has 0 fully saturated rings. The van der Waals surface area contributed by atoms with Gasteiger partial charge in [-0.25, -0.2) is 0 Å². The van der Waals surface area contributed by atoms with Gasteiger partial charge in [0.2, 0.25) is 0 Å². The summed E-state index contributed by atoms with van der Waals surface area (Å²) in [5, 5.41) is 23.6. The maximum atomic E-state index is 7.61. The fourth-order valence-corrected chi connectivity index (χ4v) is 1.67. The third-order valence-corrected chi connectivity index (χ3v) is 3.13. The van der Waals surface area contributed by atoms with Gasteiger partial charge in [-0.2, -0.15) is 10.2 Å². The molecule has 20 heavy (non-hydrogen) atoms. The van der Waals surface area contributed by atoms with E-state index < -0.39 is 11.1 Å². The van der Waals surface area contributed by atoms with Gasteiger partial charge in [-0.05, 0) is 26.7 Å². The van der Waals surface area contributed by atoms with Crippen molar-refractivity contribution >= 4 is 36.5 Å². The Hall–Kier alpha value is -0.880. The van der Waals surface area contributed by atoms with Crippen LogP contribution in [0.3, 0.4) is 0 Å². The normalized spacial score (nSPS) is 16.4. The Labute approximate surface area is 134 Å². The molecule has 0 aromatic heterocycles. The largest absolute Gasteiger partial charge is 0.386 e. The lowest BCUT2D eigenvalue weighted by Crippen LogP contribution is -2.42. The van der Waals surface area contributed by atoms with Gasteiger partial charge in [0.1, 0.15) is 22.7 Å². The van der Waals surface area contributed by atoms with Crippen molar-refractivity contribution in [3.8, 4) is 0 Å². The van der Waals surface area contributed by atoms with Crippen LogP contribution in [0, 0.1) is 10.8 Å². The van der Waals surface area contributed by atoms with Crippen molar-refractivity contribution in [1.82, 2.24) is 0 Å². The Morgan fingerprint density at radius 3 is 1.25 bits per heavy atom. The molecule has 0 rings (SSSR count). The standard InChI is InChI=1S/C12H26N6.2ClH/c1-5-7-11(3,9(13)14)17-18-12(4,8-6-2)10(15)16;;/h5-8H2,1-4H3,(H3,13,14)(H3,15,16);2*1H/b18-17+;;. The topological polar surface area (TPSA) is 124 Å². The molecule has 120 valence electrons. The maximum Gasteiger partial charge on any atom is 0.135 e. The first kappa shape index (κ1) is 24.2. The molecule has 0 aliphatic heterocycles. The van der Waals surface area contributed by atoms with Gasteiger partial charge in [0.05, 0.1) is 0 Å². The fraction of sp³-hybridized carbons (Fsp3) is 0.833. The van der Waals surface area contributed by atoms with Gasteiger partial charge in [0, 0.05) is 0 Å². The highest BCUT2D eigenvalue weighted by atomic mass is 35.5. The SMILES string of the molecule is CCCC(C)(/N=N/C(C)(CCC)C(=N)N)C(=N)N.Cl.Cl. The molecule has 2 atom stereocenters. The summed E-state index contributed by atoms with van der Waals surface area (Å²) in [6.07, 6.45) is 3.04. The number of nitrogens with one attached hydrogen (secondary N) is 2. The third kappa shape index (κ3) is 6.52. The summed E-state index contributed by atoms with van der Waals surface area (Å²) in [5.41, 5.74) is 9.58. The van der Waals surface area contributed by atoms with Gasteiger partial charge in [-0.3, -0.25) is 10.8 Å². The van der Waals surface area contributed by atoms with E-state index >= 15 is 0 Å². The molecule has 0 aliphatic rings. The van der Waals surface area contributed by atoms with Gasteiger partial charge in [0.25, 0.3) is 0 Å². The minimum Gasteiger partial charge on any atom is -0.386 e. The Balaban J connectivity index is -0.00000144. The van der Waals surface area contributed by atoms with Gasteiger partial charge >= 0.3 is 0 Å². The van der Waals surface area contributed by atoms with Crippen molar-refractivity contribution < 1.29 is 0 Å². The number of halogens is 2. The van der Waals surface area contributed by atoms with Crippen LogP contribution in [0.1, 0.15) is 53.4 Å². The molecule has 8 heteroatoms. The molecule has 0 amide bonds. The minimum atomic E-state index is -0.792. The first-order valence-corrected chi connectivity index (χ1v) is 6.35. The second kappa shape index (κ2) is 9.94. The maximum absolute atomic E-state index is 7.61. The Morgan fingerprint density at radius 1 is 0.850 bits per heavy atom. The molecule has 6 N–H and O–H groups in total. The zero-order valence-electron chi connectivity index (χ0n) is 12.7. The molecule has 0 saturated carbocycles. The van der Waals surface area contributed by atoms with Crippen molar-refractivity contribution in [3.63, 3.8) is 0 Å². The van der Waals surface area contributed by atoms with Crippen molar-refractivity contribution in [3.05, 3.63) is 0 Å². The average Bonchev–Trinajstić information content (AvgIpc) is 2.27. The van der Waals surface area contributed by atoms with Gasteiger partial charge in [-0.15, -0.1) is 24.8 Å². The molecule has 0 aliphatic carbocycles. The second-order valence-electron chi connectivity index (χ2n) is 5.08. The Bertz CT molecular complexity index is 315. The van der Waals surface area contributed by atoms with Crippen LogP contribution < -0.4 is 11.5 Å². The molecule has 0 saturated heterocycles. The van der Waals surface area contributed by atoms with Crippen LogP contribution in [0.4, 0.5) is 0 Å². The van der Waals surface area contributed by atoms with Crippen LogP contribution in [-0.2, 0) is 0 Å². The molecule has 0 aromatic rings. The number of rotatable bonds is 8. The summed E-state index contributed by atoms with van der Waals surface area (Å²) in [7, 11) is 0. The molecule has 0 aromatic carbocycles. The minimum absolute atomic E-state index is 0. The molecule has 6 nitrogen and oxygen atoms in total. The van der Waals surface area contributed by atoms with Crippen LogP contribution >= 0.6 is 24.8 Å². The summed E-state index contributed by atoms with van der Waals surface area (Å²) < 4.78 is 0. The number of azo groups is 1. The van der Waals surface area contributed by atoms with Crippen LogP contribution in [0.15, 0.2) is 10.2 Å². The summed E-state index contributed by atoms with van der Waals surface area (Å²) >= 11 is 0. The van der Waals surface area contributed by atoms with Crippen LogP contribution in [0.25, 0.3) is 0 Å². The quantitative estimate of drug-likeness (QED) is 0.310. The number of nitrogens with two attached hydrogens (primary N) is 2. The van der Waals surface area contributed by atoms with Gasteiger partial charge in [0.15, 0.2) is 0 Å². The van der Waals surface area contributed by atoms with E-state index in [0.29, 0.717) is 12.8 Å². The van der Waals surface area contributed by atoms with E-state index in [2.05, 4.69) is 10.2 Å². The molecule has 0 radical (unpaired) electrons. The van der Waals surface area contributed by atoms with Crippen molar-refractivity contribution in [2.24, 2.45) is 21.7 Å². The predicted octanol–water partition coefficient (Wildman–Crippen LogP) is 3.27. The first-order valence-electron chi connectivity index (χ1n) is 6.35. The van der Waals surface area contributed by atoms with Crippen molar-refractivity contribution in [2.45, 2.75) is 64.5 Å². The van der Waals surface area contributed by atoms with E-state index in [1.54, 1.807) is 13.8 Å². The smallest absolute Gasteiger partial charge is 0.135 e. The molecule has 2 unspecified atom stereocenters. The third-order valence-electron chi connectivity index (χ3n) is 3.13. The molecule has 0 heterocycles. The molecule has 0 spiro atoms. The van der Waals surface area contributed by atoms with E-state index in [0.717, 1.165) is 12.8 Å². The van der Waals surface area contributed by atoms with Crippen LogP contribution in [0.5, 0.6) is 0 Å². The first-order chi connectivity index (χ1) is 8.22. The summed E-state index contributed by atoms with van der Waals surface area (Å²) in [6.45, 7) is 7.59. The Morgan fingerprint density at radius 2 is 1.10 bits per heavy atom. The van der Waals surface area contributed by atoms with E-state index in [4.69, 9.17) is 22.3 Å². The van der Waals surface area contributed by atoms with Crippen LogP contribution in [-0.4, -0.2) is 22.7 Å². The number of hydrogen-bond donors (Lipinski definition) is 4. The summed E-state index contributed by atoms with van der Waals surface area (Å²) in [6, 6.07) is 0. The molecular weight excluding hydrogens is 299 g/mol. The van der Waals surface area contributed by atoms with E-state index in [1.807, 2.05) is 13.8 Å².